The van der Waals surface area contributed by atoms with E-state index in [9.17, 15) is 4.79 Å². The minimum absolute atomic E-state index is 0.346. The van der Waals surface area contributed by atoms with Crippen LogP contribution in [-0.2, 0) is 11.3 Å². The van der Waals surface area contributed by atoms with Crippen LogP contribution in [0.2, 0.25) is 0 Å². The van der Waals surface area contributed by atoms with E-state index in [0.717, 1.165) is 17.9 Å². The predicted molar refractivity (Wildman–Crippen MR) is 71.0 cm³/mol. The van der Waals surface area contributed by atoms with Gasteiger partial charge in [-0.05, 0) is 25.0 Å². The van der Waals surface area contributed by atoms with Crippen LogP contribution in [0.1, 0.15) is 35.4 Å². The van der Waals surface area contributed by atoms with Gasteiger partial charge >= 0.3 is 5.97 Å². The van der Waals surface area contributed by atoms with E-state index in [1.54, 1.807) is 10.5 Å². The third-order valence-electron chi connectivity index (χ3n) is 3.61. The molecule has 3 rings (SSSR count). The van der Waals surface area contributed by atoms with E-state index in [4.69, 9.17) is 4.74 Å². The average molecular weight is 259 g/mol. The van der Waals surface area contributed by atoms with E-state index in [1.165, 1.54) is 26.4 Å². The summed E-state index contributed by atoms with van der Waals surface area (Å²) in [6.07, 6.45) is 5.71. The molecule has 1 aliphatic carbocycles. The number of rotatable bonds is 4. The molecule has 2 heterocycles. The maximum Gasteiger partial charge on any atom is 0.355 e. The third-order valence-corrected chi connectivity index (χ3v) is 3.61. The number of imidazole rings is 1. The molecule has 1 fully saturated rings. The van der Waals surface area contributed by atoms with Crippen molar-refractivity contribution in [2.24, 2.45) is 0 Å². The zero-order valence-corrected chi connectivity index (χ0v) is 10.9. The normalized spacial score (nSPS) is 15.4. The van der Waals surface area contributed by atoms with Crippen LogP contribution in [0.3, 0.4) is 0 Å². The highest BCUT2D eigenvalue weighted by Gasteiger charge is 2.17. The van der Waals surface area contributed by atoms with Crippen LogP contribution < -0.4 is 5.32 Å². The maximum absolute atomic E-state index is 11.7. The van der Waals surface area contributed by atoms with E-state index >= 15 is 0 Å². The molecule has 5 nitrogen and oxygen atoms in total. The third kappa shape index (κ3) is 2.33. The van der Waals surface area contributed by atoms with Crippen molar-refractivity contribution in [3.05, 3.63) is 35.8 Å². The number of carbonyl (C=O) groups excluding carboxylic acids is 1. The molecule has 0 bridgehead atoms. The highest BCUT2D eigenvalue weighted by Crippen LogP contribution is 2.18. The van der Waals surface area contributed by atoms with E-state index in [1.807, 2.05) is 18.3 Å². The number of aromatic nitrogens is 2. The number of methoxy groups -OCH3 is 1. The van der Waals surface area contributed by atoms with Crippen molar-refractivity contribution in [3.8, 4) is 0 Å². The average Bonchev–Trinajstić information content (AvgIpc) is 2.78. The van der Waals surface area contributed by atoms with Crippen molar-refractivity contribution in [1.82, 2.24) is 14.7 Å². The first-order chi connectivity index (χ1) is 9.28. The Morgan fingerprint density at radius 1 is 1.53 bits per heavy atom. The summed E-state index contributed by atoms with van der Waals surface area (Å²) >= 11 is 0. The zero-order valence-electron chi connectivity index (χ0n) is 10.9. The van der Waals surface area contributed by atoms with Crippen LogP contribution >= 0.6 is 0 Å². The van der Waals surface area contributed by atoms with Gasteiger partial charge in [0.05, 0.1) is 12.8 Å². The lowest BCUT2D eigenvalue weighted by molar-refractivity contribution is 0.0592. The summed E-state index contributed by atoms with van der Waals surface area (Å²) in [5, 5.41) is 3.47. The first kappa shape index (κ1) is 12.2. The van der Waals surface area contributed by atoms with E-state index in [0.29, 0.717) is 11.7 Å². The van der Waals surface area contributed by atoms with Crippen LogP contribution in [0.4, 0.5) is 0 Å². The summed E-state index contributed by atoms with van der Waals surface area (Å²) in [4.78, 5) is 16.2. The molecule has 100 valence electrons. The summed E-state index contributed by atoms with van der Waals surface area (Å²) in [7, 11) is 1.39. The summed E-state index contributed by atoms with van der Waals surface area (Å²) < 4.78 is 6.56. The van der Waals surface area contributed by atoms with Crippen molar-refractivity contribution in [2.75, 3.05) is 7.11 Å². The fourth-order valence-corrected chi connectivity index (χ4v) is 2.28. The van der Waals surface area contributed by atoms with Gasteiger partial charge in [-0.2, -0.15) is 0 Å². The molecule has 0 aliphatic heterocycles. The Balaban J connectivity index is 1.84. The lowest BCUT2D eigenvalue weighted by Crippen LogP contribution is -2.34. The molecule has 5 heteroatoms. The number of hydrogen-bond acceptors (Lipinski definition) is 4. The summed E-state index contributed by atoms with van der Waals surface area (Å²) in [6.45, 7) is 0.743. The second-order valence-corrected chi connectivity index (χ2v) is 4.87. The lowest BCUT2D eigenvalue weighted by Gasteiger charge is -2.26. The molecule has 0 atom stereocenters. The Kier molecular flexibility index (Phi) is 3.21. The van der Waals surface area contributed by atoms with Gasteiger partial charge in [0, 0.05) is 18.8 Å². The van der Waals surface area contributed by atoms with Gasteiger partial charge in [0.1, 0.15) is 11.3 Å². The summed E-state index contributed by atoms with van der Waals surface area (Å²) in [6, 6.07) is 6.07. The molecule has 19 heavy (non-hydrogen) atoms. The van der Waals surface area contributed by atoms with E-state index in [2.05, 4.69) is 10.3 Å². The van der Waals surface area contributed by atoms with Crippen LogP contribution in [0.15, 0.2) is 24.4 Å². The SMILES string of the molecule is COC(=O)c1cccc2nc(CNC3CCC3)cn12. The Bertz CT molecular complexity index is 602. The van der Waals surface area contributed by atoms with Gasteiger partial charge in [-0.1, -0.05) is 12.5 Å². The number of pyridine rings is 1. The van der Waals surface area contributed by atoms with Crippen molar-refractivity contribution >= 4 is 11.6 Å². The number of fused-ring (bicyclic) bond motifs is 1. The molecular formula is C14H17N3O2. The highest BCUT2D eigenvalue weighted by atomic mass is 16.5. The summed E-state index contributed by atoms with van der Waals surface area (Å²) in [5.74, 6) is -0.346. The van der Waals surface area contributed by atoms with E-state index in [-0.39, 0.29) is 5.97 Å². The van der Waals surface area contributed by atoms with Crippen LogP contribution in [-0.4, -0.2) is 28.5 Å². The molecule has 1 saturated carbocycles. The Hall–Kier alpha value is -1.88. The minimum Gasteiger partial charge on any atom is -0.464 e. The molecule has 1 aliphatic rings. The standard InChI is InChI=1S/C14H17N3O2/c1-19-14(18)12-6-3-7-13-16-11(9-17(12)13)8-15-10-4-2-5-10/h3,6-7,9-10,15H,2,4-5,8H2,1H3. The smallest absolute Gasteiger partial charge is 0.355 e. The maximum atomic E-state index is 11.7. The number of carbonyl (C=O) groups is 1. The molecule has 2 aromatic heterocycles. The van der Waals surface area contributed by atoms with E-state index < -0.39 is 0 Å². The Morgan fingerprint density at radius 2 is 2.37 bits per heavy atom. The minimum atomic E-state index is -0.346. The molecule has 0 amide bonds. The fraction of sp³-hybridized carbons (Fsp3) is 0.429. The molecule has 0 spiro atoms. The number of esters is 1. The Morgan fingerprint density at radius 3 is 3.05 bits per heavy atom. The lowest BCUT2D eigenvalue weighted by atomic mass is 9.93. The van der Waals surface area contributed by atoms with Crippen molar-refractivity contribution in [2.45, 2.75) is 31.8 Å². The molecule has 2 aromatic rings. The van der Waals surface area contributed by atoms with Crippen LogP contribution in [0, 0.1) is 0 Å². The fourth-order valence-electron chi connectivity index (χ4n) is 2.28. The number of ether oxygens (including phenoxy) is 1. The predicted octanol–water partition coefficient (Wildman–Crippen LogP) is 1.76. The van der Waals surface area contributed by atoms with Crippen molar-refractivity contribution < 1.29 is 9.53 Å². The molecular weight excluding hydrogens is 242 g/mol. The van der Waals surface area contributed by atoms with Gasteiger partial charge in [-0.25, -0.2) is 9.78 Å². The molecule has 1 N–H and O–H groups in total. The largest absolute Gasteiger partial charge is 0.464 e. The highest BCUT2D eigenvalue weighted by molar-refractivity contribution is 5.88. The van der Waals surface area contributed by atoms with Gasteiger partial charge < -0.3 is 10.1 Å². The second-order valence-electron chi connectivity index (χ2n) is 4.87. The first-order valence-electron chi connectivity index (χ1n) is 6.56. The van der Waals surface area contributed by atoms with Gasteiger partial charge in [-0.3, -0.25) is 4.40 Å². The van der Waals surface area contributed by atoms with Gasteiger partial charge in [-0.15, -0.1) is 0 Å². The van der Waals surface area contributed by atoms with Crippen molar-refractivity contribution in [3.63, 3.8) is 0 Å². The van der Waals surface area contributed by atoms with Crippen LogP contribution in [0.25, 0.3) is 5.65 Å². The zero-order chi connectivity index (χ0) is 13.2. The topological polar surface area (TPSA) is 55.6 Å². The Labute approximate surface area is 111 Å². The number of hydrogen-bond donors (Lipinski definition) is 1. The number of nitrogens with zero attached hydrogens (tertiary/aromatic N) is 2. The second kappa shape index (κ2) is 5.01. The quantitative estimate of drug-likeness (QED) is 0.850. The molecule has 0 aromatic carbocycles. The molecule has 0 saturated heterocycles. The molecule has 0 unspecified atom stereocenters. The van der Waals surface area contributed by atoms with Gasteiger partial charge in [0.25, 0.3) is 0 Å². The summed E-state index contributed by atoms with van der Waals surface area (Å²) in [5.41, 5.74) is 2.22. The molecule has 0 radical (unpaired) electrons. The van der Waals surface area contributed by atoms with Gasteiger partial charge in [0.15, 0.2) is 0 Å². The first-order valence-corrected chi connectivity index (χ1v) is 6.56. The van der Waals surface area contributed by atoms with Crippen molar-refractivity contribution in [1.29, 1.82) is 0 Å². The number of nitrogens with one attached hydrogen (secondary N) is 1. The van der Waals surface area contributed by atoms with Gasteiger partial charge in [0.2, 0.25) is 0 Å². The van der Waals surface area contributed by atoms with Crippen LogP contribution in [0.5, 0.6) is 0 Å². The monoisotopic (exact) mass is 259 g/mol.